The largest absolute Gasteiger partial charge is 0.494 e. The van der Waals surface area contributed by atoms with Gasteiger partial charge in [0.1, 0.15) is 5.75 Å². The molecule has 0 saturated carbocycles. The van der Waals surface area contributed by atoms with Gasteiger partial charge >= 0.3 is 0 Å². The third-order valence-electron chi connectivity index (χ3n) is 4.29. The maximum absolute atomic E-state index is 12.3. The number of aryl methyl sites for hydroxylation is 1. The first-order chi connectivity index (χ1) is 12.5. The van der Waals surface area contributed by atoms with Gasteiger partial charge in [0.25, 0.3) is 0 Å². The van der Waals surface area contributed by atoms with Crippen molar-refractivity contribution in [1.29, 1.82) is 0 Å². The van der Waals surface area contributed by atoms with E-state index in [2.05, 4.69) is 5.32 Å². The number of ketones is 1. The highest BCUT2D eigenvalue weighted by atomic mass is 16.5. The number of hydrogen-bond donors (Lipinski definition) is 1. The molecule has 0 aliphatic heterocycles. The number of rotatable bonds is 9. The van der Waals surface area contributed by atoms with Crippen molar-refractivity contribution < 1.29 is 14.3 Å². The molecular formula is C22H27NO3. The molecule has 1 amide bonds. The summed E-state index contributed by atoms with van der Waals surface area (Å²) in [5, 5.41) is 3.02. The molecule has 138 valence electrons. The Bertz CT molecular complexity index is 720. The second-order valence-corrected chi connectivity index (χ2v) is 6.32. The van der Waals surface area contributed by atoms with Crippen molar-refractivity contribution in [3.8, 4) is 5.75 Å². The highest BCUT2D eigenvalue weighted by Crippen LogP contribution is 2.18. The zero-order valence-electron chi connectivity index (χ0n) is 15.7. The Balaban J connectivity index is 1.86. The summed E-state index contributed by atoms with van der Waals surface area (Å²) in [6, 6.07) is 15.2. The van der Waals surface area contributed by atoms with Crippen LogP contribution in [0.3, 0.4) is 0 Å². The lowest BCUT2D eigenvalue weighted by Gasteiger charge is -2.17. The molecule has 1 atom stereocenters. The Morgan fingerprint density at radius 1 is 0.962 bits per heavy atom. The van der Waals surface area contributed by atoms with E-state index in [4.69, 9.17) is 4.74 Å². The van der Waals surface area contributed by atoms with Crippen LogP contribution in [0.5, 0.6) is 5.75 Å². The van der Waals surface area contributed by atoms with Gasteiger partial charge in [-0.05, 0) is 50.1 Å². The molecular weight excluding hydrogens is 326 g/mol. The first-order valence-electron chi connectivity index (χ1n) is 9.15. The van der Waals surface area contributed by atoms with Gasteiger partial charge in [-0.3, -0.25) is 9.59 Å². The van der Waals surface area contributed by atoms with E-state index < -0.39 is 0 Å². The lowest BCUT2D eigenvalue weighted by atomic mass is 10.0. The number of carbonyl (C=O) groups is 2. The Labute approximate surface area is 155 Å². The summed E-state index contributed by atoms with van der Waals surface area (Å²) in [4.78, 5) is 24.5. The molecule has 0 radical (unpaired) electrons. The molecule has 0 spiro atoms. The maximum Gasteiger partial charge on any atom is 0.220 e. The predicted octanol–water partition coefficient (Wildman–Crippen LogP) is 4.62. The van der Waals surface area contributed by atoms with E-state index in [1.165, 1.54) is 5.56 Å². The highest BCUT2D eigenvalue weighted by Gasteiger charge is 2.14. The van der Waals surface area contributed by atoms with Crippen molar-refractivity contribution in [3.63, 3.8) is 0 Å². The van der Waals surface area contributed by atoms with Crippen LogP contribution in [-0.2, 0) is 4.79 Å². The van der Waals surface area contributed by atoms with Gasteiger partial charge in [0, 0.05) is 18.4 Å². The predicted molar refractivity (Wildman–Crippen MR) is 104 cm³/mol. The number of nitrogens with one attached hydrogen (secondary N) is 1. The molecule has 4 nitrogen and oxygen atoms in total. The molecule has 1 unspecified atom stereocenters. The number of benzene rings is 2. The summed E-state index contributed by atoms with van der Waals surface area (Å²) in [5.41, 5.74) is 2.88. The molecule has 0 saturated heterocycles. The number of Topliss-reactive ketones (excluding diaryl/α,β-unsaturated/α-hetero) is 1. The van der Waals surface area contributed by atoms with Gasteiger partial charge in [0.15, 0.2) is 5.78 Å². The minimum absolute atomic E-state index is 0.0244. The normalized spacial score (nSPS) is 11.7. The standard InChI is InChI=1S/C22H27NO3/c1-4-20(17-8-6-16(3)7-9-17)23-22(25)15-14-21(24)18-10-12-19(13-11-18)26-5-2/h6-13,20H,4-5,14-15H2,1-3H3,(H,23,25). The molecule has 2 aromatic rings. The quantitative estimate of drug-likeness (QED) is 0.669. The SMILES string of the molecule is CCOc1ccc(C(=O)CCC(=O)NC(CC)c2ccc(C)cc2)cc1. The number of hydrogen-bond acceptors (Lipinski definition) is 3. The fourth-order valence-corrected chi connectivity index (χ4v) is 2.76. The van der Waals surface area contributed by atoms with Crippen LogP contribution in [-0.4, -0.2) is 18.3 Å². The van der Waals surface area contributed by atoms with Gasteiger partial charge in [-0.2, -0.15) is 0 Å². The summed E-state index contributed by atoms with van der Waals surface area (Å²) in [7, 11) is 0. The number of ether oxygens (including phenoxy) is 1. The second-order valence-electron chi connectivity index (χ2n) is 6.32. The van der Waals surface area contributed by atoms with E-state index in [9.17, 15) is 9.59 Å². The van der Waals surface area contributed by atoms with Crippen molar-refractivity contribution >= 4 is 11.7 Å². The summed E-state index contributed by atoms with van der Waals surface area (Å²) in [6.07, 6.45) is 1.19. The minimum atomic E-state index is -0.100. The summed E-state index contributed by atoms with van der Waals surface area (Å²) < 4.78 is 5.37. The van der Waals surface area contributed by atoms with E-state index in [1.807, 2.05) is 45.0 Å². The summed E-state index contributed by atoms with van der Waals surface area (Å²) in [6.45, 7) is 6.58. The Morgan fingerprint density at radius 2 is 1.62 bits per heavy atom. The fourth-order valence-electron chi connectivity index (χ4n) is 2.76. The van der Waals surface area contributed by atoms with Crippen LogP contribution in [0.15, 0.2) is 48.5 Å². The third-order valence-corrected chi connectivity index (χ3v) is 4.29. The van der Waals surface area contributed by atoms with Gasteiger partial charge in [-0.1, -0.05) is 36.8 Å². The van der Waals surface area contributed by atoms with Crippen LogP contribution in [0.4, 0.5) is 0 Å². The first-order valence-corrected chi connectivity index (χ1v) is 9.15. The van der Waals surface area contributed by atoms with Crippen LogP contribution < -0.4 is 10.1 Å². The number of amides is 1. The van der Waals surface area contributed by atoms with E-state index in [0.29, 0.717) is 12.2 Å². The average Bonchev–Trinajstić information content (AvgIpc) is 2.66. The molecule has 0 fully saturated rings. The molecule has 4 heteroatoms. The highest BCUT2D eigenvalue weighted by molar-refractivity contribution is 5.98. The van der Waals surface area contributed by atoms with Crippen molar-refractivity contribution in [2.75, 3.05) is 6.61 Å². The monoisotopic (exact) mass is 353 g/mol. The van der Waals surface area contributed by atoms with Crippen molar-refractivity contribution in [2.24, 2.45) is 0 Å². The third kappa shape index (κ3) is 5.73. The van der Waals surface area contributed by atoms with Crippen LogP contribution >= 0.6 is 0 Å². The van der Waals surface area contributed by atoms with Gasteiger partial charge in [0.05, 0.1) is 12.6 Å². The Hall–Kier alpha value is -2.62. The molecule has 2 rings (SSSR count). The van der Waals surface area contributed by atoms with Crippen LogP contribution in [0.2, 0.25) is 0 Å². The average molecular weight is 353 g/mol. The molecule has 0 aliphatic carbocycles. The van der Waals surface area contributed by atoms with Crippen molar-refractivity contribution in [1.82, 2.24) is 5.32 Å². The van der Waals surface area contributed by atoms with Gasteiger partial charge < -0.3 is 10.1 Å². The Morgan fingerprint density at radius 3 is 2.19 bits per heavy atom. The second kappa shape index (κ2) is 9.76. The van der Waals surface area contributed by atoms with Crippen LogP contribution in [0, 0.1) is 6.92 Å². The smallest absolute Gasteiger partial charge is 0.220 e. The maximum atomic E-state index is 12.3. The van der Waals surface area contributed by atoms with Crippen LogP contribution in [0.25, 0.3) is 0 Å². The van der Waals surface area contributed by atoms with Crippen LogP contribution in [0.1, 0.15) is 60.6 Å². The fraction of sp³-hybridized carbons (Fsp3) is 0.364. The molecule has 2 aromatic carbocycles. The van der Waals surface area contributed by atoms with Gasteiger partial charge in [0.2, 0.25) is 5.91 Å². The van der Waals surface area contributed by atoms with E-state index in [0.717, 1.165) is 17.7 Å². The molecule has 0 aromatic heterocycles. The van der Waals surface area contributed by atoms with E-state index in [1.54, 1.807) is 24.3 Å². The number of carbonyl (C=O) groups excluding carboxylic acids is 2. The van der Waals surface area contributed by atoms with Crippen molar-refractivity contribution in [2.45, 2.75) is 46.1 Å². The van der Waals surface area contributed by atoms with Crippen molar-refractivity contribution in [3.05, 3.63) is 65.2 Å². The summed E-state index contributed by atoms with van der Waals surface area (Å²) in [5.74, 6) is 0.606. The minimum Gasteiger partial charge on any atom is -0.494 e. The van der Waals surface area contributed by atoms with Gasteiger partial charge in [-0.15, -0.1) is 0 Å². The van der Waals surface area contributed by atoms with E-state index >= 15 is 0 Å². The summed E-state index contributed by atoms with van der Waals surface area (Å²) >= 11 is 0. The molecule has 0 bridgehead atoms. The topological polar surface area (TPSA) is 55.4 Å². The van der Waals surface area contributed by atoms with E-state index in [-0.39, 0.29) is 30.6 Å². The first kappa shape index (κ1) is 19.7. The van der Waals surface area contributed by atoms with Gasteiger partial charge in [-0.25, -0.2) is 0 Å². The Kier molecular flexibility index (Phi) is 7.39. The zero-order chi connectivity index (χ0) is 18.9. The lowest BCUT2D eigenvalue weighted by Crippen LogP contribution is -2.28. The molecule has 26 heavy (non-hydrogen) atoms. The molecule has 0 heterocycles. The molecule has 0 aliphatic rings. The lowest BCUT2D eigenvalue weighted by molar-refractivity contribution is -0.121. The molecule has 1 N–H and O–H groups in total. The zero-order valence-corrected chi connectivity index (χ0v) is 15.7.